The van der Waals surface area contributed by atoms with Gasteiger partial charge in [0.25, 0.3) is 0 Å². The van der Waals surface area contributed by atoms with Gasteiger partial charge in [0.05, 0.1) is 17.0 Å². The van der Waals surface area contributed by atoms with Gasteiger partial charge in [0, 0.05) is 6.61 Å². The van der Waals surface area contributed by atoms with Crippen molar-refractivity contribution in [3.63, 3.8) is 0 Å². The minimum Gasteiger partial charge on any atom is -0.358 e. The molecule has 0 bridgehead atoms. The molecule has 0 aliphatic carbocycles. The predicted molar refractivity (Wildman–Crippen MR) is 93.9 cm³/mol. The van der Waals surface area contributed by atoms with E-state index in [-0.39, 0.29) is 11.5 Å². The van der Waals surface area contributed by atoms with Gasteiger partial charge in [-0.3, -0.25) is 4.57 Å². The van der Waals surface area contributed by atoms with Crippen LogP contribution in [0.3, 0.4) is 0 Å². The van der Waals surface area contributed by atoms with Crippen LogP contribution in [0.5, 0.6) is 0 Å². The summed E-state index contributed by atoms with van der Waals surface area (Å²) in [4.78, 5) is 13.1. The zero-order valence-electron chi connectivity index (χ0n) is 12.7. The van der Waals surface area contributed by atoms with E-state index < -0.39 is 0 Å². The quantitative estimate of drug-likeness (QED) is 0.690. The van der Waals surface area contributed by atoms with E-state index >= 15 is 0 Å². The predicted octanol–water partition coefficient (Wildman–Crippen LogP) is 4.58. The molecule has 0 spiro atoms. The van der Waals surface area contributed by atoms with Crippen LogP contribution < -0.4 is 5.32 Å². The molecule has 1 saturated heterocycles. The maximum absolute atomic E-state index is 6.21. The summed E-state index contributed by atoms with van der Waals surface area (Å²) in [5.74, 6) is 0.521. The Hall–Kier alpha value is -1.89. The molecule has 8 heteroatoms. The Morgan fingerprint density at radius 2 is 2.04 bits per heavy atom. The van der Waals surface area contributed by atoms with Gasteiger partial charge in [0.15, 0.2) is 17.0 Å². The fourth-order valence-electron chi connectivity index (χ4n) is 2.82. The number of hydrogen-bond acceptors (Lipinski definition) is 5. The first-order chi connectivity index (χ1) is 11.7. The van der Waals surface area contributed by atoms with E-state index in [9.17, 15) is 0 Å². The number of rotatable bonds is 3. The van der Waals surface area contributed by atoms with Gasteiger partial charge in [0.1, 0.15) is 6.23 Å². The Kier molecular flexibility index (Phi) is 4.26. The van der Waals surface area contributed by atoms with Crippen LogP contribution in [-0.2, 0) is 4.74 Å². The van der Waals surface area contributed by atoms with Gasteiger partial charge >= 0.3 is 0 Å². The normalized spacial score (nSPS) is 18.0. The number of aromatic nitrogens is 4. The van der Waals surface area contributed by atoms with Crippen LogP contribution in [-0.4, -0.2) is 26.1 Å². The fourth-order valence-corrected chi connectivity index (χ4v) is 3.17. The number of benzene rings is 1. The highest BCUT2D eigenvalue weighted by atomic mass is 35.5. The number of nitrogens with zero attached hydrogens (tertiary/aromatic N) is 4. The molecule has 0 radical (unpaired) electrons. The molecule has 6 nitrogen and oxygen atoms in total. The van der Waals surface area contributed by atoms with Gasteiger partial charge in [-0.2, -0.15) is 9.97 Å². The fraction of sp³-hybridized carbons (Fsp3) is 0.312. The lowest BCUT2D eigenvalue weighted by molar-refractivity contribution is -0.0298. The second-order valence-corrected chi connectivity index (χ2v) is 6.34. The summed E-state index contributed by atoms with van der Waals surface area (Å²) < 4.78 is 7.74. The number of imidazole rings is 1. The Balaban J connectivity index is 1.76. The van der Waals surface area contributed by atoms with Crippen molar-refractivity contribution < 1.29 is 4.74 Å². The SMILES string of the molecule is Clc1nc(Nc2ccccc2Cl)c2ncn(C3CCCCO3)c2n1. The molecular weight excluding hydrogens is 349 g/mol. The molecule has 2 aromatic heterocycles. The lowest BCUT2D eigenvalue weighted by atomic mass is 10.2. The smallest absolute Gasteiger partial charge is 0.226 e. The molecule has 1 unspecified atom stereocenters. The van der Waals surface area contributed by atoms with Gasteiger partial charge < -0.3 is 10.1 Å². The van der Waals surface area contributed by atoms with Gasteiger partial charge in [-0.15, -0.1) is 0 Å². The molecule has 1 N–H and O–H groups in total. The van der Waals surface area contributed by atoms with Crippen molar-refractivity contribution in [2.24, 2.45) is 0 Å². The van der Waals surface area contributed by atoms with Crippen molar-refractivity contribution >= 4 is 45.9 Å². The van der Waals surface area contributed by atoms with Crippen molar-refractivity contribution in [3.8, 4) is 0 Å². The first kappa shape index (κ1) is 15.6. The minimum atomic E-state index is -0.0668. The van der Waals surface area contributed by atoms with E-state index in [4.69, 9.17) is 27.9 Å². The van der Waals surface area contributed by atoms with Crippen LogP contribution in [0.4, 0.5) is 11.5 Å². The first-order valence-electron chi connectivity index (χ1n) is 7.75. The summed E-state index contributed by atoms with van der Waals surface area (Å²) in [6, 6.07) is 7.43. The van der Waals surface area contributed by atoms with Crippen LogP contribution >= 0.6 is 23.2 Å². The zero-order valence-corrected chi connectivity index (χ0v) is 14.3. The minimum absolute atomic E-state index is 0.0668. The van der Waals surface area contributed by atoms with E-state index in [0.29, 0.717) is 22.0 Å². The van der Waals surface area contributed by atoms with Gasteiger partial charge in [-0.05, 0) is 43.0 Å². The number of para-hydroxylation sites is 1. The molecule has 1 aliphatic heterocycles. The Morgan fingerprint density at radius 1 is 1.17 bits per heavy atom. The summed E-state index contributed by atoms with van der Waals surface area (Å²) in [5.41, 5.74) is 2.02. The topological polar surface area (TPSA) is 64.9 Å². The van der Waals surface area contributed by atoms with Gasteiger partial charge in [-0.25, -0.2) is 4.98 Å². The molecule has 3 heterocycles. The van der Waals surface area contributed by atoms with Crippen LogP contribution in [0.2, 0.25) is 10.3 Å². The average Bonchev–Trinajstić information content (AvgIpc) is 3.01. The summed E-state index contributed by atoms with van der Waals surface area (Å²) >= 11 is 12.3. The molecule has 1 fully saturated rings. The van der Waals surface area contributed by atoms with Crippen molar-refractivity contribution in [2.45, 2.75) is 25.5 Å². The summed E-state index contributed by atoms with van der Waals surface area (Å²) in [7, 11) is 0. The summed E-state index contributed by atoms with van der Waals surface area (Å²) in [6.45, 7) is 0.744. The van der Waals surface area contributed by atoms with Crippen molar-refractivity contribution in [3.05, 3.63) is 40.9 Å². The average molecular weight is 364 g/mol. The van der Waals surface area contributed by atoms with E-state index in [1.807, 2.05) is 22.8 Å². The molecule has 4 rings (SSSR count). The highest BCUT2D eigenvalue weighted by Crippen LogP contribution is 2.31. The number of halogens is 2. The van der Waals surface area contributed by atoms with E-state index in [1.165, 1.54) is 0 Å². The molecule has 0 amide bonds. The highest BCUT2D eigenvalue weighted by molar-refractivity contribution is 6.33. The number of hydrogen-bond donors (Lipinski definition) is 1. The Bertz CT molecular complexity index is 876. The molecule has 124 valence electrons. The number of fused-ring (bicyclic) bond motifs is 1. The monoisotopic (exact) mass is 363 g/mol. The summed E-state index contributed by atoms with van der Waals surface area (Å²) in [5, 5.41) is 3.93. The zero-order chi connectivity index (χ0) is 16.5. The molecule has 1 aliphatic rings. The molecule has 1 atom stereocenters. The van der Waals surface area contributed by atoms with Crippen molar-refractivity contribution in [1.82, 2.24) is 19.5 Å². The third-order valence-electron chi connectivity index (χ3n) is 3.99. The standard InChI is InChI=1S/C16H15Cl2N5O/c17-10-5-1-2-6-11(10)20-14-13-15(22-16(18)21-14)23(9-19-13)12-7-3-4-8-24-12/h1-2,5-6,9,12H,3-4,7-8H2,(H,20,21,22). The second-order valence-electron chi connectivity index (χ2n) is 5.59. The summed E-state index contributed by atoms with van der Waals surface area (Å²) in [6.07, 6.45) is 4.79. The van der Waals surface area contributed by atoms with E-state index in [0.717, 1.165) is 31.6 Å². The van der Waals surface area contributed by atoms with Crippen LogP contribution in [0.15, 0.2) is 30.6 Å². The molecule has 0 saturated carbocycles. The molecule has 1 aromatic carbocycles. The molecule has 24 heavy (non-hydrogen) atoms. The Morgan fingerprint density at radius 3 is 2.83 bits per heavy atom. The van der Waals surface area contributed by atoms with E-state index in [1.54, 1.807) is 12.4 Å². The maximum atomic E-state index is 6.21. The Labute approximate surface area is 148 Å². The van der Waals surface area contributed by atoms with Gasteiger partial charge in [0.2, 0.25) is 5.28 Å². The van der Waals surface area contributed by atoms with Crippen LogP contribution in [0, 0.1) is 0 Å². The number of ether oxygens (including phenoxy) is 1. The van der Waals surface area contributed by atoms with Crippen molar-refractivity contribution in [1.29, 1.82) is 0 Å². The third-order valence-corrected chi connectivity index (χ3v) is 4.49. The second kappa shape index (κ2) is 6.55. The maximum Gasteiger partial charge on any atom is 0.226 e. The van der Waals surface area contributed by atoms with E-state index in [2.05, 4.69) is 20.3 Å². The molecule has 3 aromatic rings. The first-order valence-corrected chi connectivity index (χ1v) is 8.51. The third kappa shape index (κ3) is 2.92. The lowest BCUT2D eigenvalue weighted by Gasteiger charge is -2.23. The largest absolute Gasteiger partial charge is 0.358 e. The lowest BCUT2D eigenvalue weighted by Crippen LogP contribution is -2.17. The van der Waals surface area contributed by atoms with Crippen LogP contribution in [0.25, 0.3) is 11.2 Å². The molecular formula is C16H15Cl2N5O. The van der Waals surface area contributed by atoms with Crippen LogP contribution in [0.1, 0.15) is 25.5 Å². The van der Waals surface area contributed by atoms with Gasteiger partial charge in [-0.1, -0.05) is 23.7 Å². The van der Waals surface area contributed by atoms with Crippen molar-refractivity contribution in [2.75, 3.05) is 11.9 Å². The number of nitrogens with one attached hydrogen (secondary N) is 1. The highest BCUT2D eigenvalue weighted by Gasteiger charge is 2.21. The number of anilines is 2.